The number of amides is 3. The summed E-state index contributed by atoms with van der Waals surface area (Å²) in [4.78, 5) is 53.1. The van der Waals surface area contributed by atoms with Crippen molar-refractivity contribution in [3.8, 4) is 5.75 Å². The molecule has 0 spiro atoms. The third-order valence-electron chi connectivity index (χ3n) is 7.14. The van der Waals surface area contributed by atoms with Crippen molar-refractivity contribution < 1.29 is 29.0 Å². The van der Waals surface area contributed by atoms with Gasteiger partial charge in [0.05, 0.1) is 12.8 Å². The van der Waals surface area contributed by atoms with Crippen LogP contribution >= 0.6 is 0 Å². The number of methoxy groups -OCH3 is 1. The molecule has 0 saturated carbocycles. The smallest absolute Gasteiger partial charge is 0.327 e. The Labute approximate surface area is 209 Å². The molecule has 0 aliphatic carbocycles. The predicted octanol–water partition coefficient (Wildman–Crippen LogP) is 2.31. The van der Waals surface area contributed by atoms with E-state index in [1.165, 1.54) is 12.0 Å². The van der Waals surface area contributed by atoms with Crippen molar-refractivity contribution >= 4 is 29.4 Å². The van der Waals surface area contributed by atoms with Gasteiger partial charge in [-0.05, 0) is 54.2 Å². The molecule has 9 heteroatoms. The number of carbonyl (C=O) groups excluding carboxylic acids is 3. The maximum Gasteiger partial charge on any atom is 0.327 e. The number of rotatable bonds is 8. The van der Waals surface area contributed by atoms with E-state index in [9.17, 15) is 24.3 Å². The van der Waals surface area contributed by atoms with Gasteiger partial charge in [0.25, 0.3) is 5.91 Å². The number of hydrogen-bond acceptors (Lipinski definition) is 5. The number of carboxylic acid groups (broad SMARTS) is 1. The van der Waals surface area contributed by atoms with Gasteiger partial charge in [-0.3, -0.25) is 19.3 Å². The largest absolute Gasteiger partial charge is 0.497 e. The van der Waals surface area contributed by atoms with Crippen molar-refractivity contribution in [3.05, 3.63) is 59.2 Å². The molecule has 2 aromatic rings. The third-order valence-corrected chi connectivity index (χ3v) is 7.14. The van der Waals surface area contributed by atoms with Gasteiger partial charge < -0.3 is 20.5 Å². The Morgan fingerprint density at radius 2 is 1.83 bits per heavy atom. The molecule has 0 radical (unpaired) electrons. The lowest BCUT2D eigenvalue weighted by atomic mass is 9.96. The highest BCUT2D eigenvalue weighted by Crippen LogP contribution is 2.39. The second kappa shape index (κ2) is 10.4. The van der Waals surface area contributed by atoms with E-state index < -0.39 is 41.8 Å². The third kappa shape index (κ3) is 4.78. The summed E-state index contributed by atoms with van der Waals surface area (Å²) in [7, 11) is 1.54. The molecule has 2 aromatic carbocycles. The van der Waals surface area contributed by atoms with Crippen LogP contribution in [0, 0.1) is 5.92 Å². The number of nitrogens with one attached hydrogen (secondary N) is 2. The summed E-state index contributed by atoms with van der Waals surface area (Å²) < 4.78 is 5.13. The fourth-order valence-corrected chi connectivity index (χ4v) is 4.89. The lowest BCUT2D eigenvalue weighted by molar-refractivity contribution is -0.140. The number of anilines is 1. The first-order valence-electron chi connectivity index (χ1n) is 12.2. The minimum Gasteiger partial charge on any atom is -0.497 e. The van der Waals surface area contributed by atoms with E-state index in [4.69, 9.17) is 4.74 Å². The summed E-state index contributed by atoms with van der Waals surface area (Å²) in [6.45, 7) is 3.78. The SMILES string of the molecule is CC[C@H](C)[C@H](NC(=O)c1ccc(OC)cc1)C(=O)N[C@H]1CCc2cccc3c2N(C1=O)[C@H](C(=O)O)C3. The first kappa shape index (κ1) is 25.2. The number of carbonyl (C=O) groups is 4. The average Bonchev–Trinajstić information content (AvgIpc) is 3.23. The second-order valence-corrected chi connectivity index (χ2v) is 9.36. The fraction of sp³-hybridized carbons (Fsp3) is 0.407. The molecule has 2 heterocycles. The number of hydrogen-bond donors (Lipinski definition) is 3. The van der Waals surface area contributed by atoms with Gasteiger partial charge in [0.2, 0.25) is 11.8 Å². The van der Waals surface area contributed by atoms with Crippen molar-refractivity contribution in [1.29, 1.82) is 0 Å². The fourth-order valence-electron chi connectivity index (χ4n) is 4.89. The van der Waals surface area contributed by atoms with Gasteiger partial charge in [0.15, 0.2) is 0 Å². The molecule has 0 unspecified atom stereocenters. The van der Waals surface area contributed by atoms with Crippen LogP contribution in [0.1, 0.15) is 48.2 Å². The van der Waals surface area contributed by atoms with Crippen molar-refractivity contribution in [2.24, 2.45) is 5.92 Å². The monoisotopic (exact) mass is 493 g/mol. The molecular weight excluding hydrogens is 462 g/mol. The molecule has 190 valence electrons. The average molecular weight is 494 g/mol. The maximum atomic E-state index is 13.5. The molecule has 0 fully saturated rings. The summed E-state index contributed by atoms with van der Waals surface area (Å²) in [6.07, 6.45) is 1.72. The highest BCUT2D eigenvalue weighted by Gasteiger charge is 2.44. The van der Waals surface area contributed by atoms with Crippen LogP contribution in [0.3, 0.4) is 0 Å². The van der Waals surface area contributed by atoms with E-state index in [2.05, 4.69) is 10.6 Å². The van der Waals surface area contributed by atoms with Crippen molar-refractivity contribution in [2.45, 2.75) is 57.7 Å². The first-order valence-corrected chi connectivity index (χ1v) is 12.2. The standard InChI is InChI=1S/C27H31N3O6/c1-4-15(2)22(29-24(31)17-8-11-19(36-3)12-9-17)25(32)28-20-13-10-16-6-5-7-18-14-21(27(34)35)30(23(16)18)26(20)33/h5-9,11-12,15,20-22H,4,10,13-14H2,1-3H3,(H,28,32)(H,29,31)(H,34,35)/t15-,20-,21-,22-/m0/s1. The van der Waals surface area contributed by atoms with Crippen LogP contribution in [0.2, 0.25) is 0 Å². The van der Waals surface area contributed by atoms with Gasteiger partial charge in [-0.15, -0.1) is 0 Å². The Morgan fingerprint density at radius 1 is 1.14 bits per heavy atom. The van der Waals surface area contributed by atoms with Crippen molar-refractivity contribution in [2.75, 3.05) is 12.0 Å². The summed E-state index contributed by atoms with van der Waals surface area (Å²) in [6, 6.07) is 9.38. The molecule has 2 aliphatic rings. The van der Waals surface area contributed by atoms with Crippen LogP contribution in [0.4, 0.5) is 5.69 Å². The summed E-state index contributed by atoms with van der Waals surface area (Å²) >= 11 is 0. The van der Waals surface area contributed by atoms with Gasteiger partial charge in [0.1, 0.15) is 23.9 Å². The van der Waals surface area contributed by atoms with E-state index in [1.54, 1.807) is 24.3 Å². The van der Waals surface area contributed by atoms with Crippen LogP contribution in [-0.4, -0.2) is 54.0 Å². The van der Waals surface area contributed by atoms with Crippen molar-refractivity contribution in [3.63, 3.8) is 0 Å². The van der Waals surface area contributed by atoms with E-state index in [1.807, 2.05) is 32.0 Å². The van der Waals surface area contributed by atoms with E-state index in [-0.39, 0.29) is 12.3 Å². The van der Waals surface area contributed by atoms with E-state index in [0.29, 0.717) is 36.3 Å². The molecular formula is C27H31N3O6. The Kier molecular flexibility index (Phi) is 7.28. The number of aryl methyl sites for hydroxylation is 1. The highest BCUT2D eigenvalue weighted by molar-refractivity contribution is 6.07. The van der Waals surface area contributed by atoms with Gasteiger partial charge >= 0.3 is 5.97 Å². The zero-order chi connectivity index (χ0) is 26.0. The molecule has 0 saturated heterocycles. The van der Waals surface area contributed by atoms with E-state index in [0.717, 1.165) is 11.1 Å². The lowest BCUT2D eigenvalue weighted by Crippen LogP contribution is -2.57. The predicted molar refractivity (Wildman–Crippen MR) is 133 cm³/mol. The molecule has 2 aliphatic heterocycles. The highest BCUT2D eigenvalue weighted by atomic mass is 16.5. The molecule has 0 bridgehead atoms. The molecule has 0 aromatic heterocycles. The summed E-state index contributed by atoms with van der Waals surface area (Å²) in [5.74, 6) is -1.99. The Hall–Kier alpha value is -3.88. The molecule has 4 atom stereocenters. The van der Waals surface area contributed by atoms with Crippen LogP contribution in [-0.2, 0) is 27.2 Å². The first-order chi connectivity index (χ1) is 17.2. The quantitative estimate of drug-likeness (QED) is 0.518. The topological polar surface area (TPSA) is 125 Å². The molecule has 9 nitrogen and oxygen atoms in total. The van der Waals surface area contributed by atoms with E-state index >= 15 is 0 Å². The van der Waals surface area contributed by atoms with Crippen molar-refractivity contribution in [1.82, 2.24) is 10.6 Å². The van der Waals surface area contributed by atoms with Crippen LogP contribution < -0.4 is 20.3 Å². The molecule has 3 amide bonds. The number of aliphatic carboxylic acids is 1. The van der Waals surface area contributed by atoms with Gasteiger partial charge in [-0.25, -0.2) is 4.79 Å². The van der Waals surface area contributed by atoms with Gasteiger partial charge in [0, 0.05) is 12.0 Å². The second-order valence-electron chi connectivity index (χ2n) is 9.36. The van der Waals surface area contributed by atoms with Crippen LogP contribution in [0.5, 0.6) is 5.75 Å². The number of ether oxygens (including phenoxy) is 1. The molecule has 4 rings (SSSR count). The van der Waals surface area contributed by atoms with Crippen LogP contribution in [0.25, 0.3) is 0 Å². The number of carboxylic acids is 1. The number of nitrogens with zero attached hydrogens (tertiary/aromatic N) is 1. The Morgan fingerprint density at radius 3 is 2.47 bits per heavy atom. The Bertz CT molecular complexity index is 1180. The maximum absolute atomic E-state index is 13.5. The zero-order valence-corrected chi connectivity index (χ0v) is 20.6. The number of para-hydroxylation sites is 1. The number of benzene rings is 2. The Balaban J connectivity index is 1.54. The minimum atomic E-state index is -1.08. The summed E-state index contributed by atoms with van der Waals surface area (Å²) in [5.41, 5.74) is 2.75. The molecule has 3 N–H and O–H groups in total. The normalized spacial score (nSPS) is 20.1. The minimum absolute atomic E-state index is 0.199. The summed E-state index contributed by atoms with van der Waals surface area (Å²) in [5, 5.41) is 15.4. The lowest BCUT2D eigenvalue weighted by Gasteiger charge is -2.29. The molecule has 36 heavy (non-hydrogen) atoms. The van der Waals surface area contributed by atoms with Crippen LogP contribution in [0.15, 0.2) is 42.5 Å². The van der Waals surface area contributed by atoms with Gasteiger partial charge in [-0.1, -0.05) is 38.5 Å². The zero-order valence-electron chi connectivity index (χ0n) is 20.6. The van der Waals surface area contributed by atoms with Gasteiger partial charge in [-0.2, -0.15) is 0 Å².